The summed E-state index contributed by atoms with van der Waals surface area (Å²) in [5.41, 5.74) is 6.98. The van der Waals surface area contributed by atoms with Gasteiger partial charge in [-0.1, -0.05) is 24.3 Å². The van der Waals surface area contributed by atoms with Crippen LogP contribution in [0.1, 0.15) is 20.8 Å². The number of carbonyl (C=O) groups is 2. The number of carbonyl (C=O) groups excluding carboxylic acids is 2. The van der Waals surface area contributed by atoms with Crippen molar-refractivity contribution in [2.75, 3.05) is 5.32 Å². The van der Waals surface area contributed by atoms with Crippen molar-refractivity contribution in [2.24, 2.45) is 5.73 Å². The minimum Gasteiger partial charge on any atom is -0.439 e. The Kier molecular flexibility index (Phi) is 5.16. The monoisotopic (exact) mass is 400 g/mol. The molecule has 2 aromatic heterocycles. The molecular formula is C21H16N6O3. The zero-order valence-corrected chi connectivity index (χ0v) is 15.6. The van der Waals surface area contributed by atoms with E-state index in [1.54, 1.807) is 30.3 Å². The molecular weight excluding hydrogens is 384 g/mol. The van der Waals surface area contributed by atoms with Gasteiger partial charge in [0.25, 0.3) is 5.91 Å². The third-order valence-corrected chi connectivity index (χ3v) is 4.05. The first-order valence-corrected chi connectivity index (χ1v) is 8.91. The normalized spacial score (nSPS) is 10.4. The first-order valence-electron chi connectivity index (χ1n) is 8.91. The molecule has 3 N–H and O–H groups in total. The first kappa shape index (κ1) is 18.8. The summed E-state index contributed by atoms with van der Waals surface area (Å²) in [6.07, 6.45) is 2.84. The molecule has 0 radical (unpaired) electrons. The number of anilines is 1. The fourth-order valence-corrected chi connectivity index (χ4v) is 2.60. The minimum absolute atomic E-state index is 0.169. The van der Waals surface area contributed by atoms with Gasteiger partial charge in [0.15, 0.2) is 5.69 Å². The molecule has 0 aliphatic heterocycles. The number of ether oxygens (including phenoxy) is 1. The number of nitrogens with two attached hydrogens (primary N) is 1. The number of hydrogen-bond acceptors (Lipinski definition) is 6. The lowest BCUT2D eigenvalue weighted by molar-refractivity contribution is 0.0997. The average molecular weight is 400 g/mol. The maximum absolute atomic E-state index is 12.4. The molecule has 4 rings (SSSR count). The summed E-state index contributed by atoms with van der Waals surface area (Å²) in [6.45, 7) is 0. The Labute approximate surface area is 171 Å². The van der Waals surface area contributed by atoms with Gasteiger partial charge in [0, 0.05) is 11.6 Å². The number of nitrogens with one attached hydrogen (secondary N) is 1. The molecule has 4 aromatic rings. The van der Waals surface area contributed by atoms with Crippen LogP contribution in [0.3, 0.4) is 0 Å². The number of nitrogens with zero attached hydrogens (tertiary/aromatic N) is 4. The Hall–Kier alpha value is -4.53. The highest BCUT2D eigenvalue weighted by Gasteiger charge is 2.12. The van der Waals surface area contributed by atoms with Gasteiger partial charge in [0.05, 0.1) is 23.8 Å². The lowest BCUT2D eigenvalue weighted by Gasteiger charge is -2.07. The van der Waals surface area contributed by atoms with Gasteiger partial charge in [-0.25, -0.2) is 4.98 Å². The fraction of sp³-hybridized carbons (Fsp3) is 0. The van der Waals surface area contributed by atoms with E-state index < -0.39 is 11.8 Å². The second kappa shape index (κ2) is 8.23. The van der Waals surface area contributed by atoms with Crippen LogP contribution in [-0.2, 0) is 0 Å². The third kappa shape index (κ3) is 4.30. The zero-order chi connectivity index (χ0) is 20.9. The summed E-state index contributed by atoms with van der Waals surface area (Å²) in [5, 5.41) is 11.0. The van der Waals surface area contributed by atoms with E-state index in [9.17, 15) is 9.59 Å². The fourth-order valence-electron chi connectivity index (χ4n) is 2.60. The summed E-state index contributed by atoms with van der Waals surface area (Å²) < 4.78 is 5.61. The number of amides is 2. The molecule has 148 valence electrons. The van der Waals surface area contributed by atoms with Crippen molar-refractivity contribution < 1.29 is 14.3 Å². The highest BCUT2D eigenvalue weighted by Crippen LogP contribution is 2.21. The molecule has 0 fully saturated rings. The van der Waals surface area contributed by atoms with Crippen LogP contribution in [0.25, 0.3) is 5.69 Å². The van der Waals surface area contributed by atoms with E-state index in [1.165, 1.54) is 23.3 Å². The van der Waals surface area contributed by atoms with E-state index in [-0.39, 0.29) is 5.69 Å². The zero-order valence-electron chi connectivity index (χ0n) is 15.6. The van der Waals surface area contributed by atoms with Gasteiger partial charge >= 0.3 is 0 Å². The predicted octanol–water partition coefficient (Wildman–Crippen LogP) is 2.81. The Morgan fingerprint density at radius 2 is 1.80 bits per heavy atom. The molecule has 9 heteroatoms. The van der Waals surface area contributed by atoms with Crippen LogP contribution in [0.5, 0.6) is 11.6 Å². The van der Waals surface area contributed by atoms with Crippen molar-refractivity contribution in [3.63, 3.8) is 0 Å². The van der Waals surface area contributed by atoms with E-state index in [1.807, 2.05) is 30.3 Å². The SMILES string of the molecule is NC(=O)c1cccc(Oc2ccc(NC(=O)c3cnn(-c4ccccc4)n3)cn2)c1. The Morgan fingerprint density at radius 1 is 0.967 bits per heavy atom. The molecule has 0 spiro atoms. The molecule has 9 nitrogen and oxygen atoms in total. The lowest BCUT2D eigenvalue weighted by atomic mass is 10.2. The van der Waals surface area contributed by atoms with E-state index in [0.29, 0.717) is 22.9 Å². The van der Waals surface area contributed by atoms with Crippen LogP contribution in [-0.4, -0.2) is 31.8 Å². The number of primary amides is 1. The molecule has 2 aromatic carbocycles. The van der Waals surface area contributed by atoms with Crippen molar-refractivity contribution in [2.45, 2.75) is 0 Å². The van der Waals surface area contributed by atoms with Crippen molar-refractivity contribution in [1.82, 2.24) is 20.0 Å². The van der Waals surface area contributed by atoms with Crippen LogP contribution in [0.4, 0.5) is 5.69 Å². The number of para-hydroxylation sites is 1. The predicted molar refractivity (Wildman–Crippen MR) is 109 cm³/mol. The second-order valence-corrected chi connectivity index (χ2v) is 6.19. The van der Waals surface area contributed by atoms with Gasteiger partial charge in [-0.2, -0.15) is 9.90 Å². The Bertz CT molecular complexity index is 1190. The van der Waals surface area contributed by atoms with E-state index >= 15 is 0 Å². The topological polar surface area (TPSA) is 125 Å². The van der Waals surface area contributed by atoms with Crippen molar-refractivity contribution in [3.8, 4) is 17.3 Å². The van der Waals surface area contributed by atoms with Crippen LogP contribution < -0.4 is 15.8 Å². The van der Waals surface area contributed by atoms with Gasteiger partial charge in [0.1, 0.15) is 5.75 Å². The molecule has 0 unspecified atom stereocenters. The van der Waals surface area contributed by atoms with Crippen molar-refractivity contribution in [3.05, 3.63) is 90.4 Å². The van der Waals surface area contributed by atoms with E-state index in [4.69, 9.17) is 10.5 Å². The lowest BCUT2D eigenvalue weighted by Crippen LogP contribution is -2.13. The number of rotatable bonds is 6. The van der Waals surface area contributed by atoms with Gasteiger partial charge < -0.3 is 15.8 Å². The molecule has 0 atom stereocenters. The highest BCUT2D eigenvalue weighted by atomic mass is 16.5. The molecule has 0 saturated heterocycles. The number of benzene rings is 2. The van der Waals surface area contributed by atoms with Crippen LogP contribution >= 0.6 is 0 Å². The molecule has 30 heavy (non-hydrogen) atoms. The quantitative estimate of drug-likeness (QED) is 0.513. The standard InChI is InChI=1S/C21H16N6O3/c22-20(28)14-5-4-8-17(11-14)30-19-10-9-15(12-23-19)25-21(29)18-13-24-27(26-18)16-6-2-1-3-7-16/h1-13H,(H2,22,28)(H,25,29). The summed E-state index contributed by atoms with van der Waals surface area (Å²) in [5.74, 6) is -0.241. The number of pyridine rings is 1. The summed E-state index contributed by atoms with van der Waals surface area (Å²) in [7, 11) is 0. The molecule has 0 bridgehead atoms. The maximum atomic E-state index is 12.4. The Balaban J connectivity index is 1.41. The number of hydrogen-bond donors (Lipinski definition) is 2. The van der Waals surface area contributed by atoms with Crippen LogP contribution in [0.2, 0.25) is 0 Å². The number of aromatic nitrogens is 4. The second-order valence-electron chi connectivity index (χ2n) is 6.19. The average Bonchev–Trinajstić information content (AvgIpc) is 3.26. The van der Waals surface area contributed by atoms with Gasteiger partial charge in [-0.05, 0) is 36.4 Å². The first-order chi connectivity index (χ1) is 14.6. The van der Waals surface area contributed by atoms with Gasteiger partial charge in [-0.3, -0.25) is 9.59 Å². The van der Waals surface area contributed by atoms with Crippen molar-refractivity contribution in [1.29, 1.82) is 0 Å². The smallest absolute Gasteiger partial charge is 0.277 e. The van der Waals surface area contributed by atoms with E-state index in [0.717, 1.165) is 5.69 Å². The van der Waals surface area contributed by atoms with E-state index in [2.05, 4.69) is 20.5 Å². The van der Waals surface area contributed by atoms with Crippen molar-refractivity contribution >= 4 is 17.5 Å². The molecule has 2 heterocycles. The maximum Gasteiger partial charge on any atom is 0.277 e. The molecule has 0 saturated carbocycles. The van der Waals surface area contributed by atoms with Crippen LogP contribution in [0.15, 0.2) is 79.1 Å². The summed E-state index contributed by atoms with van der Waals surface area (Å²) in [6, 6.07) is 19.0. The molecule has 2 amide bonds. The summed E-state index contributed by atoms with van der Waals surface area (Å²) in [4.78, 5) is 29.2. The molecule has 0 aliphatic rings. The third-order valence-electron chi connectivity index (χ3n) is 4.05. The largest absolute Gasteiger partial charge is 0.439 e. The highest BCUT2D eigenvalue weighted by molar-refractivity contribution is 6.02. The minimum atomic E-state index is -0.546. The van der Waals surface area contributed by atoms with Gasteiger partial charge in [-0.15, -0.1) is 5.10 Å². The summed E-state index contributed by atoms with van der Waals surface area (Å²) >= 11 is 0. The van der Waals surface area contributed by atoms with Crippen LogP contribution in [0, 0.1) is 0 Å². The Morgan fingerprint density at radius 3 is 2.53 bits per heavy atom. The van der Waals surface area contributed by atoms with Gasteiger partial charge in [0.2, 0.25) is 11.8 Å². The molecule has 0 aliphatic carbocycles.